The van der Waals surface area contributed by atoms with Crippen LogP contribution in [0, 0.1) is 6.92 Å². The molecule has 1 heterocycles. The first kappa shape index (κ1) is 17.2. The first-order valence-corrected chi connectivity index (χ1v) is 9.02. The van der Waals surface area contributed by atoms with Crippen LogP contribution in [0.2, 0.25) is 0 Å². The molecule has 0 fully saturated rings. The highest BCUT2D eigenvalue weighted by molar-refractivity contribution is 7.09. The number of amides is 1. The van der Waals surface area contributed by atoms with Crippen LogP contribution in [0.15, 0.2) is 60.2 Å². The van der Waals surface area contributed by atoms with Gasteiger partial charge < -0.3 is 10.1 Å². The molecule has 0 spiro atoms. The van der Waals surface area contributed by atoms with Crippen molar-refractivity contribution >= 4 is 22.9 Å². The molecule has 3 rings (SSSR count). The Morgan fingerprint density at radius 3 is 2.88 bits per heavy atom. The van der Waals surface area contributed by atoms with Crippen LogP contribution < -0.4 is 10.1 Å². The van der Waals surface area contributed by atoms with Gasteiger partial charge >= 0.3 is 0 Å². The van der Waals surface area contributed by atoms with Gasteiger partial charge in [0.25, 0.3) is 0 Å². The maximum absolute atomic E-state index is 12.1. The maximum atomic E-state index is 12.1. The zero-order valence-corrected chi connectivity index (χ0v) is 14.9. The van der Waals surface area contributed by atoms with E-state index in [-0.39, 0.29) is 5.91 Å². The van der Waals surface area contributed by atoms with E-state index in [1.807, 2.05) is 36.4 Å². The third-order valence-electron chi connectivity index (χ3n) is 3.69. The first-order valence-electron chi connectivity index (χ1n) is 8.15. The number of ether oxygens (including phenoxy) is 1. The van der Waals surface area contributed by atoms with Crippen molar-refractivity contribution in [3.8, 4) is 5.75 Å². The average Bonchev–Trinajstić information content (AvgIpc) is 3.12. The Labute approximate surface area is 151 Å². The van der Waals surface area contributed by atoms with Crippen molar-refractivity contribution in [2.45, 2.75) is 26.4 Å². The predicted octanol–water partition coefficient (Wildman–Crippen LogP) is 4.60. The Kier molecular flexibility index (Phi) is 5.80. The van der Waals surface area contributed by atoms with Crippen LogP contribution in [0.5, 0.6) is 5.75 Å². The molecule has 1 amide bonds. The largest absolute Gasteiger partial charge is 0.489 e. The van der Waals surface area contributed by atoms with Crippen LogP contribution >= 0.6 is 11.3 Å². The molecule has 1 N–H and O–H groups in total. The van der Waals surface area contributed by atoms with Gasteiger partial charge in [-0.1, -0.05) is 35.9 Å². The Bertz CT molecular complexity index is 831. The number of nitrogens with zero attached hydrogens (tertiary/aromatic N) is 1. The van der Waals surface area contributed by atoms with Crippen LogP contribution in [0.25, 0.3) is 0 Å². The summed E-state index contributed by atoms with van der Waals surface area (Å²) in [6, 6.07) is 15.7. The predicted molar refractivity (Wildman–Crippen MR) is 101 cm³/mol. The van der Waals surface area contributed by atoms with Gasteiger partial charge in [0.05, 0.1) is 5.51 Å². The SMILES string of the molecule is Cc1cccc(COc2cccc(NC(=O)CCc3cncs3)c2)c1. The molecule has 0 saturated carbocycles. The van der Waals surface area contributed by atoms with Gasteiger partial charge in [-0.05, 0) is 31.0 Å². The summed E-state index contributed by atoms with van der Waals surface area (Å²) in [6.07, 6.45) is 2.95. The van der Waals surface area contributed by atoms with E-state index < -0.39 is 0 Å². The van der Waals surface area contributed by atoms with Crippen LogP contribution in [0.3, 0.4) is 0 Å². The van der Waals surface area contributed by atoms with Crippen LogP contribution in [0.4, 0.5) is 5.69 Å². The summed E-state index contributed by atoms with van der Waals surface area (Å²) < 4.78 is 5.83. The highest BCUT2D eigenvalue weighted by atomic mass is 32.1. The van der Waals surface area contributed by atoms with E-state index >= 15 is 0 Å². The van der Waals surface area contributed by atoms with E-state index in [0.717, 1.165) is 21.9 Å². The highest BCUT2D eigenvalue weighted by Crippen LogP contribution is 2.19. The van der Waals surface area contributed by atoms with Crippen LogP contribution in [-0.4, -0.2) is 10.9 Å². The Balaban J connectivity index is 1.53. The number of aromatic nitrogens is 1. The number of aryl methyl sites for hydroxylation is 2. The fraction of sp³-hybridized carbons (Fsp3) is 0.200. The lowest BCUT2D eigenvalue weighted by Gasteiger charge is -2.09. The second kappa shape index (κ2) is 8.44. The standard InChI is InChI=1S/C20H20N2O2S/c1-15-4-2-5-16(10-15)13-24-18-7-3-6-17(11-18)22-20(23)9-8-19-12-21-14-25-19/h2-7,10-12,14H,8-9,13H2,1H3,(H,22,23). The van der Waals surface area contributed by atoms with Gasteiger partial charge in [0.15, 0.2) is 0 Å². The second-order valence-corrected chi connectivity index (χ2v) is 6.79. The van der Waals surface area contributed by atoms with Gasteiger partial charge in [-0.2, -0.15) is 0 Å². The molecule has 128 valence electrons. The molecule has 1 aromatic heterocycles. The van der Waals surface area contributed by atoms with Gasteiger partial charge in [0, 0.05) is 29.2 Å². The number of hydrogen-bond acceptors (Lipinski definition) is 4. The Hall–Kier alpha value is -2.66. The lowest BCUT2D eigenvalue weighted by molar-refractivity contribution is -0.116. The molecule has 5 heteroatoms. The minimum absolute atomic E-state index is 0.00997. The number of carbonyl (C=O) groups is 1. The summed E-state index contributed by atoms with van der Waals surface area (Å²) in [5.41, 5.74) is 4.86. The molecular weight excluding hydrogens is 332 g/mol. The van der Waals surface area contributed by atoms with Gasteiger partial charge in [-0.25, -0.2) is 0 Å². The molecule has 4 nitrogen and oxygen atoms in total. The van der Waals surface area contributed by atoms with Crippen molar-refractivity contribution < 1.29 is 9.53 Å². The van der Waals surface area contributed by atoms with E-state index in [4.69, 9.17) is 4.74 Å². The number of nitrogens with one attached hydrogen (secondary N) is 1. The third-order valence-corrected chi connectivity index (χ3v) is 4.53. The quantitative estimate of drug-likeness (QED) is 0.676. The van der Waals surface area contributed by atoms with Crippen molar-refractivity contribution in [1.82, 2.24) is 4.98 Å². The molecular formula is C20H20N2O2S. The minimum Gasteiger partial charge on any atom is -0.489 e. The molecule has 0 aliphatic rings. The molecule has 2 aromatic carbocycles. The molecule has 0 atom stereocenters. The van der Waals surface area contributed by atoms with Gasteiger partial charge in [-0.3, -0.25) is 9.78 Å². The van der Waals surface area contributed by atoms with E-state index in [9.17, 15) is 4.79 Å². The van der Waals surface area contributed by atoms with Gasteiger partial charge in [0.2, 0.25) is 5.91 Å². The van der Waals surface area contributed by atoms with E-state index in [0.29, 0.717) is 19.4 Å². The normalized spacial score (nSPS) is 10.4. The number of carbonyl (C=O) groups excluding carboxylic acids is 1. The van der Waals surface area contributed by atoms with Gasteiger partial charge in [-0.15, -0.1) is 11.3 Å². The molecule has 0 aliphatic carbocycles. The zero-order valence-electron chi connectivity index (χ0n) is 14.1. The summed E-state index contributed by atoms with van der Waals surface area (Å²) in [4.78, 5) is 17.2. The molecule has 0 bridgehead atoms. The topological polar surface area (TPSA) is 51.2 Å². The van der Waals surface area contributed by atoms with Crippen molar-refractivity contribution in [2.75, 3.05) is 5.32 Å². The number of hydrogen-bond donors (Lipinski definition) is 1. The van der Waals surface area contributed by atoms with Crippen molar-refractivity contribution in [3.05, 3.63) is 76.2 Å². The van der Waals surface area contributed by atoms with Crippen molar-refractivity contribution in [1.29, 1.82) is 0 Å². The highest BCUT2D eigenvalue weighted by Gasteiger charge is 2.05. The minimum atomic E-state index is -0.00997. The summed E-state index contributed by atoms with van der Waals surface area (Å²) in [5, 5.41) is 2.92. The fourth-order valence-corrected chi connectivity index (χ4v) is 3.06. The third kappa shape index (κ3) is 5.43. The van der Waals surface area contributed by atoms with Crippen LogP contribution in [-0.2, 0) is 17.8 Å². The number of rotatable bonds is 7. The summed E-state index contributed by atoms with van der Waals surface area (Å²) >= 11 is 1.57. The number of anilines is 1. The van der Waals surface area contributed by atoms with E-state index in [1.54, 1.807) is 23.0 Å². The van der Waals surface area contributed by atoms with Crippen molar-refractivity contribution in [2.24, 2.45) is 0 Å². The molecule has 0 unspecified atom stereocenters. The summed E-state index contributed by atoms with van der Waals surface area (Å²) in [7, 11) is 0. The average molecular weight is 352 g/mol. The van der Waals surface area contributed by atoms with E-state index in [2.05, 4.69) is 29.4 Å². The molecule has 3 aromatic rings. The molecule has 0 saturated heterocycles. The molecule has 25 heavy (non-hydrogen) atoms. The Morgan fingerprint density at radius 1 is 1.20 bits per heavy atom. The smallest absolute Gasteiger partial charge is 0.224 e. The number of benzene rings is 2. The molecule has 0 radical (unpaired) electrons. The fourth-order valence-electron chi connectivity index (χ4n) is 2.46. The van der Waals surface area contributed by atoms with Crippen LogP contribution in [0.1, 0.15) is 22.4 Å². The molecule has 0 aliphatic heterocycles. The second-order valence-electron chi connectivity index (χ2n) is 5.82. The number of thiazole rings is 1. The lowest BCUT2D eigenvalue weighted by atomic mass is 10.1. The summed E-state index contributed by atoms with van der Waals surface area (Å²) in [6.45, 7) is 2.57. The monoisotopic (exact) mass is 352 g/mol. The Morgan fingerprint density at radius 2 is 2.08 bits per heavy atom. The van der Waals surface area contributed by atoms with E-state index in [1.165, 1.54) is 5.56 Å². The van der Waals surface area contributed by atoms with Crippen molar-refractivity contribution in [3.63, 3.8) is 0 Å². The zero-order chi connectivity index (χ0) is 17.5. The van der Waals surface area contributed by atoms with Gasteiger partial charge in [0.1, 0.15) is 12.4 Å². The first-order chi connectivity index (χ1) is 12.2. The maximum Gasteiger partial charge on any atom is 0.224 e. The summed E-state index contributed by atoms with van der Waals surface area (Å²) in [5.74, 6) is 0.728. The lowest BCUT2D eigenvalue weighted by Crippen LogP contribution is -2.12.